The number of carbonyl (C=O) groups excluding carboxylic acids is 1. The number of nitrogens with one attached hydrogen (secondary N) is 2. The molecular weight excluding hydrogens is 408 g/mol. The Balaban J connectivity index is 1.97. The van der Waals surface area contributed by atoms with Crippen molar-refractivity contribution in [3.8, 4) is 5.75 Å². The normalized spacial score (nSPS) is 12.2. The molecule has 30 heavy (non-hydrogen) atoms. The number of hydrogen-bond donors (Lipinski definition) is 3. The number of hydrogen-bond acceptors (Lipinski definition) is 7. The van der Waals surface area contributed by atoms with E-state index in [1.165, 1.54) is 26.4 Å². The van der Waals surface area contributed by atoms with Crippen LogP contribution in [0.4, 0.5) is 11.4 Å². The van der Waals surface area contributed by atoms with Gasteiger partial charge in [-0.2, -0.15) is 0 Å². The molecule has 0 aliphatic carbocycles. The largest absolute Gasteiger partial charge is 0.497 e. The molecular formula is C21H22N2O6S. The molecule has 1 unspecified atom stereocenters. The monoisotopic (exact) mass is 430 g/mol. The number of sulfonamides is 1. The van der Waals surface area contributed by atoms with Gasteiger partial charge in [-0.25, -0.2) is 13.2 Å². The lowest BCUT2D eigenvalue weighted by atomic mass is 10.1. The van der Waals surface area contributed by atoms with Crippen LogP contribution < -0.4 is 14.8 Å². The lowest BCUT2D eigenvalue weighted by Crippen LogP contribution is -2.34. The number of fused-ring (bicyclic) bond motifs is 1. The van der Waals surface area contributed by atoms with Crippen molar-refractivity contribution in [3.05, 3.63) is 60.7 Å². The summed E-state index contributed by atoms with van der Waals surface area (Å²) in [5.41, 5.74) is 0.938. The number of benzene rings is 3. The van der Waals surface area contributed by atoms with Crippen LogP contribution >= 0.6 is 0 Å². The predicted molar refractivity (Wildman–Crippen MR) is 114 cm³/mol. The molecule has 0 amide bonds. The molecule has 158 valence electrons. The first-order chi connectivity index (χ1) is 14.4. The molecule has 3 aromatic rings. The molecule has 3 rings (SSSR count). The van der Waals surface area contributed by atoms with Crippen molar-refractivity contribution in [1.82, 2.24) is 0 Å². The summed E-state index contributed by atoms with van der Waals surface area (Å²) < 4.78 is 38.0. The van der Waals surface area contributed by atoms with Crippen molar-refractivity contribution >= 4 is 38.1 Å². The van der Waals surface area contributed by atoms with E-state index in [2.05, 4.69) is 14.8 Å². The highest BCUT2D eigenvalue weighted by Crippen LogP contribution is 2.32. The highest BCUT2D eigenvalue weighted by molar-refractivity contribution is 7.92. The summed E-state index contributed by atoms with van der Waals surface area (Å²) in [6.07, 6.45) is 0. The van der Waals surface area contributed by atoms with Gasteiger partial charge in [0, 0.05) is 16.5 Å². The molecule has 9 heteroatoms. The van der Waals surface area contributed by atoms with Gasteiger partial charge in [0.2, 0.25) is 0 Å². The van der Waals surface area contributed by atoms with E-state index in [-0.39, 0.29) is 4.90 Å². The van der Waals surface area contributed by atoms with Gasteiger partial charge in [0.25, 0.3) is 10.0 Å². The van der Waals surface area contributed by atoms with Crippen molar-refractivity contribution in [2.24, 2.45) is 0 Å². The number of methoxy groups -OCH3 is 2. The first kappa shape index (κ1) is 21.4. The zero-order valence-electron chi connectivity index (χ0n) is 16.5. The molecule has 0 spiro atoms. The number of rotatable bonds is 8. The Morgan fingerprint density at radius 1 is 0.967 bits per heavy atom. The predicted octanol–water partition coefficient (Wildman–Crippen LogP) is 2.59. The number of aliphatic hydroxyl groups excluding tert-OH is 1. The van der Waals surface area contributed by atoms with Gasteiger partial charge in [-0.1, -0.05) is 24.3 Å². The van der Waals surface area contributed by atoms with E-state index in [0.29, 0.717) is 27.9 Å². The second-order valence-electron chi connectivity index (χ2n) is 6.39. The van der Waals surface area contributed by atoms with E-state index in [0.717, 1.165) is 0 Å². The maximum Gasteiger partial charge on any atom is 0.330 e. The van der Waals surface area contributed by atoms with E-state index in [1.807, 2.05) is 0 Å². The number of ether oxygens (including phenoxy) is 2. The molecule has 0 bridgehead atoms. The lowest BCUT2D eigenvalue weighted by Gasteiger charge is -2.18. The molecule has 0 aromatic heterocycles. The molecule has 0 aliphatic rings. The second-order valence-corrected chi connectivity index (χ2v) is 8.07. The first-order valence-corrected chi connectivity index (χ1v) is 10.5. The van der Waals surface area contributed by atoms with Crippen LogP contribution in [-0.2, 0) is 19.6 Å². The van der Waals surface area contributed by atoms with Crippen molar-refractivity contribution in [2.75, 3.05) is 30.9 Å². The summed E-state index contributed by atoms with van der Waals surface area (Å²) >= 11 is 0. The molecule has 3 aromatic carbocycles. The summed E-state index contributed by atoms with van der Waals surface area (Å²) in [5.74, 6) is -0.0512. The molecule has 1 atom stereocenters. The Morgan fingerprint density at radius 3 is 2.13 bits per heavy atom. The van der Waals surface area contributed by atoms with Gasteiger partial charge in [0.15, 0.2) is 0 Å². The Morgan fingerprint density at radius 2 is 1.57 bits per heavy atom. The van der Waals surface area contributed by atoms with Gasteiger partial charge in [0.05, 0.1) is 31.4 Å². The SMILES string of the molecule is COC(=O)C(CO)Nc1ccc(NS(=O)(=O)c2ccc(OC)cc2)c2ccccc12. The Kier molecular flexibility index (Phi) is 6.43. The fraction of sp³-hybridized carbons (Fsp3) is 0.190. The number of anilines is 2. The maximum absolute atomic E-state index is 12.8. The Hall–Kier alpha value is -3.30. The topological polar surface area (TPSA) is 114 Å². The molecule has 0 aliphatic heterocycles. The first-order valence-electron chi connectivity index (χ1n) is 9.03. The molecule has 0 radical (unpaired) electrons. The fourth-order valence-electron chi connectivity index (χ4n) is 2.98. The van der Waals surface area contributed by atoms with Crippen LogP contribution in [0.1, 0.15) is 0 Å². The number of esters is 1. The zero-order chi connectivity index (χ0) is 21.7. The van der Waals surface area contributed by atoms with Crippen molar-refractivity contribution in [3.63, 3.8) is 0 Å². The van der Waals surface area contributed by atoms with E-state index in [1.54, 1.807) is 48.5 Å². The van der Waals surface area contributed by atoms with Gasteiger partial charge >= 0.3 is 5.97 Å². The minimum atomic E-state index is -3.83. The van der Waals surface area contributed by atoms with Gasteiger partial charge < -0.3 is 19.9 Å². The molecule has 8 nitrogen and oxygen atoms in total. The molecule has 0 fully saturated rings. The standard InChI is InChI=1S/C21H22N2O6S/c1-28-14-7-9-15(10-8-14)30(26,27)23-19-12-11-18(16-5-3-4-6-17(16)19)22-20(13-24)21(25)29-2/h3-12,20,22-24H,13H2,1-2H3. The van der Waals surface area contributed by atoms with Crippen LogP contribution in [-0.4, -0.2) is 46.4 Å². The number of carbonyl (C=O) groups is 1. The second kappa shape index (κ2) is 9.02. The maximum atomic E-state index is 12.8. The van der Waals surface area contributed by atoms with Crippen LogP contribution in [0.3, 0.4) is 0 Å². The highest BCUT2D eigenvalue weighted by atomic mass is 32.2. The third-order valence-electron chi connectivity index (χ3n) is 4.54. The molecule has 0 saturated carbocycles. The van der Waals surface area contributed by atoms with E-state index < -0.39 is 28.6 Å². The Labute approximate surface area is 174 Å². The van der Waals surface area contributed by atoms with Gasteiger partial charge in [-0.05, 0) is 36.4 Å². The van der Waals surface area contributed by atoms with Gasteiger partial charge in [0.1, 0.15) is 11.8 Å². The van der Waals surface area contributed by atoms with Crippen molar-refractivity contribution in [2.45, 2.75) is 10.9 Å². The summed E-state index contributed by atoms with van der Waals surface area (Å²) in [6, 6.07) is 15.5. The quantitative estimate of drug-likeness (QED) is 0.471. The third kappa shape index (κ3) is 4.47. The van der Waals surface area contributed by atoms with Gasteiger partial charge in [-0.15, -0.1) is 0 Å². The highest BCUT2D eigenvalue weighted by Gasteiger charge is 2.20. The van der Waals surface area contributed by atoms with Crippen LogP contribution in [0.2, 0.25) is 0 Å². The summed E-state index contributed by atoms with van der Waals surface area (Å²) in [5, 5.41) is 13.7. The summed E-state index contributed by atoms with van der Waals surface area (Å²) in [7, 11) is -1.08. The van der Waals surface area contributed by atoms with E-state index in [4.69, 9.17) is 4.74 Å². The smallest absolute Gasteiger partial charge is 0.330 e. The van der Waals surface area contributed by atoms with Crippen LogP contribution in [0, 0.1) is 0 Å². The summed E-state index contributed by atoms with van der Waals surface area (Å²) in [6.45, 7) is -0.452. The zero-order valence-corrected chi connectivity index (χ0v) is 17.3. The van der Waals surface area contributed by atoms with E-state index in [9.17, 15) is 18.3 Å². The fourth-order valence-corrected chi connectivity index (χ4v) is 4.06. The van der Waals surface area contributed by atoms with Crippen LogP contribution in [0.25, 0.3) is 10.8 Å². The summed E-state index contributed by atoms with van der Waals surface area (Å²) in [4.78, 5) is 11.9. The third-order valence-corrected chi connectivity index (χ3v) is 5.92. The Bertz CT molecular complexity index is 1150. The average molecular weight is 430 g/mol. The average Bonchev–Trinajstić information content (AvgIpc) is 2.78. The van der Waals surface area contributed by atoms with Crippen LogP contribution in [0.15, 0.2) is 65.6 Å². The lowest BCUT2D eigenvalue weighted by molar-refractivity contribution is -0.142. The van der Waals surface area contributed by atoms with Crippen LogP contribution in [0.5, 0.6) is 5.75 Å². The van der Waals surface area contributed by atoms with Crippen molar-refractivity contribution < 1.29 is 27.8 Å². The number of aliphatic hydroxyl groups is 1. The van der Waals surface area contributed by atoms with Crippen molar-refractivity contribution in [1.29, 1.82) is 0 Å². The minimum Gasteiger partial charge on any atom is -0.497 e. The minimum absolute atomic E-state index is 0.0978. The molecule has 3 N–H and O–H groups in total. The molecule has 0 heterocycles. The van der Waals surface area contributed by atoms with E-state index >= 15 is 0 Å². The molecule has 0 saturated heterocycles. The van der Waals surface area contributed by atoms with Gasteiger partial charge in [-0.3, -0.25) is 4.72 Å².